The van der Waals surface area contributed by atoms with E-state index in [2.05, 4.69) is 10.3 Å². The van der Waals surface area contributed by atoms with Gasteiger partial charge in [0, 0.05) is 0 Å². The fraction of sp³-hybridized carbons (Fsp3) is 0.875. The molecular formula is C16H25N3O8S. The minimum atomic E-state index is -3.55. The molecule has 3 aliphatic rings. The zero-order valence-electron chi connectivity index (χ0n) is 16.4. The molecule has 0 aliphatic carbocycles. The summed E-state index contributed by atoms with van der Waals surface area (Å²) < 4.78 is 58.6. The van der Waals surface area contributed by atoms with Gasteiger partial charge in [0.05, 0.1) is 19.0 Å². The average molecular weight is 419 g/mol. The van der Waals surface area contributed by atoms with E-state index in [4.69, 9.17) is 27.9 Å². The van der Waals surface area contributed by atoms with Crippen LogP contribution in [0.4, 0.5) is 0 Å². The monoisotopic (exact) mass is 419 g/mol. The van der Waals surface area contributed by atoms with Crippen molar-refractivity contribution >= 4 is 10.1 Å². The molecule has 0 radical (unpaired) electrons. The van der Waals surface area contributed by atoms with Crippen LogP contribution in [0.1, 0.15) is 33.4 Å². The number of hydrogen-bond donors (Lipinski definition) is 0. The van der Waals surface area contributed by atoms with Crippen LogP contribution in [0.15, 0.2) is 6.20 Å². The van der Waals surface area contributed by atoms with E-state index < -0.39 is 40.2 Å². The summed E-state index contributed by atoms with van der Waals surface area (Å²) in [5.41, 5.74) is 0.390. The van der Waals surface area contributed by atoms with Crippen molar-refractivity contribution in [2.24, 2.45) is 0 Å². The van der Waals surface area contributed by atoms with Gasteiger partial charge in [0.25, 0.3) is 10.1 Å². The molecular weight excluding hydrogens is 394 g/mol. The number of hydrogen-bond acceptors (Lipinski definition) is 10. The molecule has 4 heterocycles. The third-order valence-electron chi connectivity index (χ3n) is 4.62. The van der Waals surface area contributed by atoms with E-state index in [9.17, 15) is 8.42 Å². The largest absolute Gasteiger partial charge is 0.342 e. The maximum Gasteiger partial charge on any atom is 0.264 e. The van der Waals surface area contributed by atoms with Crippen LogP contribution < -0.4 is 0 Å². The summed E-state index contributed by atoms with van der Waals surface area (Å²) in [5.74, 6) is -1.56. The van der Waals surface area contributed by atoms with E-state index in [-0.39, 0.29) is 18.8 Å². The Kier molecular flexibility index (Phi) is 4.81. The number of nitrogens with zero attached hydrogens (tertiary/aromatic N) is 3. The molecule has 3 saturated heterocycles. The Hall–Kier alpha value is -1.15. The van der Waals surface area contributed by atoms with E-state index in [1.54, 1.807) is 10.9 Å². The van der Waals surface area contributed by atoms with Crippen molar-refractivity contribution in [3.8, 4) is 0 Å². The lowest BCUT2D eigenvalue weighted by molar-refractivity contribution is -0.236. The quantitative estimate of drug-likeness (QED) is 0.610. The Balaban J connectivity index is 1.49. The summed E-state index contributed by atoms with van der Waals surface area (Å²) in [7, 11) is -3.55. The second-order valence-corrected chi connectivity index (χ2v) is 9.75. The van der Waals surface area contributed by atoms with Gasteiger partial charge in [-0.2, -0.15) is 8.42 Å². The van der Waals surface area contributed by atoms with Gasteiger partial charge < -0.3 is 23.7 Å². The predicted molar refractivity (Wildman–Crippen MR) is 92.2 cm³/mol. The minimum Gasteiger partial charge on any atom is -0.342 e. The minimum absolute atomic E-state index is 0.182. The third kappa shape index (κ3) is 4.22. The molecule has 0 amide bonds. The summed E-state index contributed by atoms with van der Waals surface area (Å²) >= 11 is 0. The van der Waals surface area contributed by atoms with Gasteiger partial charge in [-0.1, -0.05) is 5.21 Å². The number of rotatable bonds is 5. The van der Waals surface area contributed by atoms with E-state index in [1.807, 2.05) is 27.7 Å². The summed E-state index contributed by atoms with van der Waals surface area (Å²) in [6.45, 7) is 7.47. The molecule has 0 aromatic carbocycles. The fourth-order valence-electron chi connectivity index (χ4n) is 3.69. The van der Waals surface area contributed by atoms with Gasteiger partial charge in [0.1, 0.15) is 36.7 Å². The van der Waals surface area contributed by atoms with Crippen molar-refractivity contribution in [3.05, 3.63) is 11.9 Å². The molecule has 0 N–H and O–H groups in total. The molecule has 1 aromatic heterocycles. The van der Waals surface area contributed by atoms with Crippen LogP contribution in [0.2, 0.25) is 0 Å². The van der Waals surface area contributed by atoms with Crippen molar-refractivity contribution < 1.29 is 36.3 Å². The highest BCUT2D eigenvalue weighted by Gasteiger charge is 2.60. The first kappa shape index (κ1) is 20.1. The van der Waals surface area contributed by atoms with E-state index >= 15 is 0 Å². The van der Waals surface area contributed by atoms with Gasteiger partial charge in [-0.05, 0) is 27.7 Å². The molecule has 1 aromatic rings. The van der Waals surface area contributed by atoms with Crippen molar-refractivity contribution in [1.29, 1.82) is 0 Å². The second-order valence-electron chi connectivity index (χ2n) is 8.11. The number of fused-ring (bicyclic) bond motifs is 3. The van der Waals surface area contributed by atoms with Crippen molar-refractivity contribution in [2.45, 2.75) is 83.1 Å². The second kappa shape index (κ2) is 6.69. The van der Waals surface area contributed by atoms with Gasteiger partial charge in [-0.15, -0.1) is 5.10 Å². The van der Waals surface area contributed by atoms with E-state index in [1.165, 1.54) is 0 Å². The Labute approximate surface area is 163 Å². The maximum absolute atomic E-state index is 11.1. The Morgan fingerprint density at radius 2 is 1.71 bits per heavy atom. The molecule has 3 aliphatic heterocycles. The summed E-state index contributed by atoms with van der Waals surface area (Å²) in [4.78, 5) is 0. The molecule has 158 valence electrons. The van der Waals surface area contributed by atoms with Crippen molar-refractivity contribution in [1.82, 2.24) is 15.0 Å². The first-order valence-electron chi connectivity index (χ1n) is 9.01. The number of aromatic nitrogens is 3. The lowest BCUT2D eigenvalue weighted by Gasteiger charge is -2.37. The maximum atomic E-state index is 11.1. The van der Waals surface area contributed by atoms with Crippen LogP contribution in [0.5, 0.6) is 0 Å². The van der Waals surface area contributed by atoms with Gasteiger partial charge in [0.15, 0.2) is 17.9 Å². The highest BCUT2D eigenvalue weighted by atomic mass is 32.2. The van der Waals surface area contributed by atoms with Crippen LogP contribution in [-0.4, -0.2) is 71.9 Å². The van der Waals surface area contributed by atoms with Crippen LogP contribution in [0.3, 0.4) is 0 Å². The molecule has 11 nitrogen and oxygen atoms in total. The first-order valence-corrected chi connectivity index (χ1v) is 10.8. The van der Waals surface area contributed by atoms with E-state index in [0.717, 1.165) is 6.26 Å². The van der Waals surface area contributed by atoms with Gasteiger partial charge in [-0.3, -0.25) is 4.18 Å². The van der Waals surface area contributed by atoms with E-state index in [0.29, 0.717) is 12.2 Å². The molecule has 0 bridgehead atoms. The Morgan fingerprint density at radius 3 is 2.43 bits per heavy atom. The molecule has 5 atom stereocenters. The summed E-state index contributed by atoms with van der Waals surface area (Å²) in [6.07, 6.45) is 0.449. The van der Waals surface area contributed by atoms with Crippen LogP contribution in [0.25, 0.3) is 0 Å². The van der Waals surface area contributed by atoms with Gasteiger partial charge in [0.2, 0.25) is 0 Å². The molecule has 0 unspecified atom stereocenters. The topological polar surface area (TPSA) is 120 Å². The Morgan fingerprint density at radius 1 is 1.07 bits per heavy atom. The zero-order chi connectivity index (χ0) is 20.3. The standard InChI is InChI=1S/C16H25N3O8S/c1-15(2)24-11-10(7-19-6-9(17-18-19)8-22-28(5,20)21)23-14-13(12(11)25-15)26-16(3,4)27-14/h6,10-14H,7-8H2,1-5H3/t10-,11+,12+,13-,14-/m1/s1. The zero-order valence-corrected chi connectivity index (χ0v) is 17.2. The summed E-state index contributed by atoms with van der Waals surface area (Å²) in [5, 5.41) is 7.95. The van der Waals surface area contributed by atoms with Crippen molar-refractivity contribution in [3.63, 3.8) is 0 Å². The third-order valence-corrected chi connectivity index (χ3v) is 5.17. The molecule has 3 fully saturated rings. The molecule has 4 rings (SSSR count). The summed E-state index contributed by atoms with van der Waals surface area (Å²) in [6, 6.07) is 0. The van der Waals surface area contributed by atoms with Crippen molar-refractivity contribution in [2.75, 3.05) is 6.26 Å². The highest BCUT2D eigenvalue weighted by Crippen LogP contribution is 2.44. The molecule has 12 heteroatoms. The highest BCUT2D eigenvalue weighted by molar-refractivity contribution is 7.85. The number of ether oxygens (including phenoxy) is 5. The van der Waals surface area contributed by atoms with Gasteiger partial charge >= 0.3 is 0 Å². The molecule has 0 spiro atoms. The van der Waals surface area contributed by atoms with Crippen LogP contribution >= 0.6 is 0 Å². The van der Waals surface area contributed by atoms with Crippen LogP contribution in [-0.2, 0) is 51.1 Å². The normalized spacial score (nSPS) is 36.2. The fourth-order valence-corrected chi connectivity index (χ4v) is 4.02. The van der Waals surface area contributed by atoms with Crippen LogP contribution in [0, 0.1) is 0 Å². The van der Waals surface area contributed by atoms with Gasteiger partial charge in [-0.25, -0.2) is 4.68 Å². The lowest BCUT2D eigenvalue weighted by Crippen LogP contribution is -2.56. The lowest BCUT2D eigenvalue weighted by atomic mass is 9.99. The Bertz CT molecular complexity index is 839. The first-order chi connectivity index (χ1) is 12.9. The predicted octanol–water partition coefficient (Wildman–Crippen LogP) is 0.151. The molecule has 28 heavy (non-hydrogen) atoms. The average Bonchev–Trinajstić information content (AvgIpc) is 3.19. The SMILES string of the molecule is CC1(C)O[C@H]2[C@@H](O1)[C@@H](Cn1cc(COS(C)(=O)=O)nn1)O[C@@H]1OC(C)(C)O[C@@H]12. The smallest absolute Gasteiger partial charge is 0.264 e. The molecule has 0 saturated carbocycles.